The van der Waals surface area contributed by atoms with Gasteiger partial charge in [0, 0.05) is 5.56 Å². The number of aliphatic carboxylic acids is 2. The molecule has 9 nitrogen and oxygen atoms in total. The van der Waals surface area contributed by atoms with Crippen molar-refractivity contribution < 1.29 is 44.7 Å². The number of ketones is 1. The second kappa shape index (κ2) is 8.70. The number of aliphatic hydroxyl groups excluding tert-OH is 1. The zero-order valence-electron chi connectivity index (χ0n) is 13.7. The summed E-state index contributed by atoms with van der Waals surface area (Å²) in [5, 5.41) is 28.6. The standard InChI is InChI=1S/C18H14O8.H2O/c19-13(11-7-3-1-4-8-11)18(17(24)25,14(20)15(21)22)26-16(23)12-9-5-2-6-10-12;/h1-10,14,20H,(H,21,22)(H,24,25);1H2/t14?,18-;/m1./s1. The highest BCUT2D eigenvalue weighted by Crippen LogP contribution is 2.25. The Bertz CT molecular complexity index is 832. The number of Topliss-reactive ketones (excluding diaryl/α,β-unsaturated/α-hetero) is 1. The first-order valence-electron chi connectivity index (χ1n) is 7.33. The summed E-state index contributed by atoms with van der Waals surface area (Å²) in [6, 6.07) is 13.9. The Hall–Kier alpha value is -3.56. The number of carbonyl (C=O) groups is 4. The van der Waals surface area contributed by atoms with Crippen LogP contribution in [0.4, 0.5) is 0 Å². The normalized spacial score (nSPS) is 13.4. The molecule has 0 saturated heterocycles. The van der Waals surface area contributed by atoms with Gasteiger partial charge in [-0.1, -0.05) is 48.5 Å². The van der Waals surface area contributed by atoms with Crippen LogP contribution in [0.1, 0.15) is 20.7 Å². The number of benzene rings is 2. The molecule has 0 saturated carbocycles. The molecule has 0 amide bonds. The highest BCUT2D eigenvalue weighted by Gasteiger charge is 2.59. The van der Waals surface area contributed by atoms with Crippen molar-refractivity contribution in [2.45, 2.75) is 11.7 Å². The van der Waals surface area contributed by atoms with Crippen LogP contribution in [0.3, 0.4) is 0 Å². The zero-order chi connectivity index (χ0) is 19.3. The van der Waals surface area contributed by atoms with Crippen LogP contribution in [-0.2, 0) is 14.3 Å². The van der Waals surface area contributed by atoms with Crippen molar-refractivity contribution in [3.05, 3.63) is 71.8 Å². The van der Waals surface area contributed by atoms with Gasteiger partial charge in [-0.15, -0.1) is 0 Å². The van der Waals surface area contributed by atoms with E-state index in [0.29, 0.717) is 0 Å². The summed E-state index contributed by atoms with van der Waals surface area (Å²) < 4.78 is 4.81. The van der Waals surface area contributed by atoms with Crippen LogP contribution < -0.4 is 0 Å². The SMILES string of the molecule is O.O=C(O[C@](C(=O)O)(C(=O)c1ccccc1)C(O)C(=O)O)c1ccccc1. The predicted molar refractivity (Wildman–Crippen MR) is 90.3 cm³/mol. The Morgan fingerprint density at radius 3 is 1.67 bits per heavy atom. The third-order valence-electron chi connectivity index (χ3n) is 3.57. The molecule has 2 rings (SSSR count). The molecule has 0 aliphatic heterocycles. The lowest BCUT2D eigenvalue weighted by Gasteiger charge is -2.30. The lowest BCUT2D eigenvalue weighted by atomic mass is 9.87. The lowest BCUT2D eigenvalue weighted by molar-refractivity contribution is -0.176. The van der Waals surface area contributed by atoms with Gasteiger partial charge < -0.3 is 25.5 Å². The molecular formula is C18H16O9. The fraction of sp³-hybridized carbons (Fsp3) is 0.111. The molecule has 0 spiro atoms. The van der Waals surface area contributed by atoms with E-state index in [0.717, 1.165) is 0 Å². The minimum Gasteiger partial charge on any atom is -0.479 e. The molecule has 0 aliphatic carbocycles. The van der Waals surface area contributed by atoms with Crippen molar-refractivity contribution >= 4 is 23.7 Å². The van der Waals surface area contributed by atoms with E-state index in [9.17, 15) is 29.4 Å². The van der Waals surface area contributed by atoms with Gasteiger partial charge in [-0.25, -0.2) is 14.4 Å². The summed E-state index contributed by atoms with van der Waals surface area (Å²) in [4.78, 5) is 48.1. The van der Waals surface area contributed by atoms with E-state index in [1.54, 1.807) is 12.1 Å². The molecule has 0 bridgehead atoms. The van der Waals surface area contributed by atoms with E-state index in [4.69, 9.17) is 9.84 Å². The molecule has 1 unspecified atom stereocenters. The summed E-state index contributed by atoms with van der Waals surface area (Å²) in [6.45, 7) is 0. The minimum absolute atomic E-state index is 0. The molecule has 2 atom stereocenters. The van der Waals surface area contributed by atoms with Gasteiger partial charge >= 0.3 is 23.5 Å². The molecule has 27 heavy (non-hydrogen) atoms. The summed E-state index contributed by atoms with van der Waals surface area (Å²) in [6.07, 6.45) is -2.82. The molecule has 0 radical (unpaired) electrons. The molecule has 142 valence electrons. The monoisotopic (exact) mass is 376 g/mol. The summed E-state index contributed by atoms with van der Waals surface area (Å²) in [5.41, 5.74) is -3.70. The summed E-state index contributed by atoms with van der Waals surface area (Å²) >= 11 is 0. The van der Waals surface area contributed by atoms with Crippen LogP contribution in [-0.4, -0.2) is 56.2 Å². The Labute approximate surface area is 152 Å². The molecule has 2 aromatic carbocycles. The van der Waals surface area contributed by atoms with Crippen LogP contribution in [0.5, 0.6) is 0 Å². The first kappa shape index (κ1) is 21.5. The number of hydrogen-bond donors (Lipinski definition) is 3. The second-order valence-electron chi connectivity index (χ2n) is 5.23. The average Bonchev–Trinajstić information content (AvgIpc) is 2.65. The first-order valence-corrected chi connectivity index (χ1v) is 7.33. The van der Waals surface area contributed by atoms with Gasteiger partial charge in [0.15, 0.2) is 0 Å². The number of rotatable bonds is 7. The number of ether oxygens (including phenoxy) is 1. The van der Waals surface area contributed by atoms with Gasteiger partial charge in [0.2, 0.25) is 11.9 Å². The van der Waals surface area contributed by atoms with Crippen LogP contribution in [0.25, 0.3) is 0 Å². The van der Waals surface area contributed by atoms with E-state index < -0.39 is 35.4 Å². The van der Waals surface area contributed by atoms with Gasteiger partial charge in [0.05, 0.1) is 5.56 Å². The highest BCUT2D eigenvalue weighted by atomic mass is 16.6. The number of carboxylic acids is 2. The third-order valence-corrected chi connectivity index (χ3v) is 3.57. The number of carbonyl (C=O) groups excluding carboxylic acids is 2. The largest absolute Gasteiger partial charge is 0.479 e. The quantitative estimate of drug-likeness (QED) is 0.349. The molecule has 0 heterocycles. The van der Waals surface area contributed by atoms with Gasteiger partial charge in [-0.3, -0.25) is 4.79 Å². The molecule has 0 aliphatic rings. The van der Waals surface area contributed by atoms with E-state index in [2.05, 4.69) is 0 Å². The van der Waals surface area contributed by atoms with Gasteiger partial charge in [-0.2, -0.15) is 0 Å². The highest BCUT2D eigenvalue weighted by molar-refractivity contribution is 6.19. The fourth-order valence-corrected chi connectivity index (χ4v) is 2.24. The van der Waals surface area contributed by atoms with E-state index in [1.165, 1.54) is 48.5 Å². The van der Waals surface area contributed by atoms with Crippen LogP contribution >= 0.6 is 0 Å². The van der Waals surface area contributed by atoms with Crippen LogP contribution in [0, 0.1) is 0 Å². The number of carboxylic acid groups (broad SMARTS) is 2. The predicted octanol–water partition coefficient (Wildman–Crippen LogP) is 0.170. The Kier molecular flexibility index (Phi) is 6.92. The lowest BCUT2D eigenvalue weighted by Crippen LogP contribution is -2.61. The summed E-state index contributed by atoms with van der Waals surface area (Å²) in [7, 11) is 0. The summed E-state index contributed by atoms with van der Waals surface area (Å²) in [5.74, 6) is -6.77. The third kappa shape index (κ3) is 4.17. The average molecular weight is 376 g/mol. The smallest absolute Gasteiger partial charge is 0.360 e. The number of aliphatic hydroxyl groups is 1. The van der Waals surface area contributed by atoms with Gasteiger partial charge in [-0.05, 0) is 12.1 Å². The molecule has 9 heteroatoms. The maximum atomic E-state index is 12.7. The maximum absolute atomic E-state index is 12.7. The molecule has 0 fully saturated rings. The first-order chi connectivity index (χ1) is 12.3. The Balaban J connectivity index is 0.00000364. The Morgan fingerprint density at radius 1 is 0.815 bits per heavy atom. The zero-order valence-corrected chi connectivity index (χ0v) is 13.7. The fourth-order valence-electron chi connectivity index (χ4n) is 2.24. The van der Waals surface area contributed by atoms with Crippen molar-refractivity contribution in [1.82, 2.24) is 0 Å². The minimum atomic E-state index is -3.35. The maximum Gasteiger partial charge on any atom is 0.360 e. The van der Waals surface area contributed by atoms with Crippen molar-refractivity contribution in [2.75, 3.05) is 0 Å². The molecule has 0 aromatic heterocycles. The van der Waals surface area contributed by atoms with Gasteiger partial charge in [0.25, 0.3) is 0 Å². The van der Waals surface area contributed by atoms with Crippen LogP contribution in [0.2, 0.25) is 0 Å². The molecule has 2 aromatic rings. The van der Waals surface area contributed by atoms with Gasteiger partial charge in [0.1, 0.15) is 0 Å². The van der Waals surface area contributed by atoms with Crippen molar-refractivity contribution in [2.24, 2.45) is 0 Å². The second-order valence-corrected chi connectivity index (χ2v) is 5.23. The van der Waals surface area contributed by atoms with E-state index in [1.807, 2.05) is 0 Å². The van der Waals surface area contributed by atoms with Crippen molar-refractivity contribution in [3.8, 4) is 0 Å². The molecular weight excluding hydrogens is 360 g/mol. The number of hydrogen-bond acceptors (Lipinski definition) is 6. The topological polar surface area (TPSA) is 170 Å². The van der Waals surface area contributed by atoms with E-state index in [-0.39, 0.29) is 16.6 Å². The van der Waals surface area contributed by atoms with E-state index >= 15 is 0 Å². The van der Waals surface area contributed by atoms with Crippen LogP contribution in [0.15, 0.2) is 60.7 Å². The van der Waals surface area contributed by atoms with Crippen molar-refractivity contribution in [1.29, 1.82) is 0 Å². The number of esters is 1. The Morgan fingerprint density at radius 2 is 1.26 bits per heavy atom. The van der Waals surface area contributed by atoms with Crippen molar-refractivity contribution in [3.63, 3.8) is 0 Å². The molecule has 5 N–H and O–H groups in total.